The van der Waals surface area contributed by atoms with E-state index in [1.165, 1.54) is 6.07 Å². The van der Waals surface area contributed by atoms with E-state index in [4.69, 9.17) is 15.2 Å². The number of hydrogen-bond donors (Lipinski definition) is 1. The second-order valence-corrected chi connectivity index (χ2v) is 4.63. The SMILES string of the molecule is COCc1cccc(Oc2c(F)cccc2[C@H](C)N)c1. The van der Waals surface area contributed by atoms with Crippen molar-refractivity contribution in [2.45, 2.75) is 19.6 Å². The Balaban J connectivity index is 2.32. The van der Waals surface area contributed by atoms with Gasteiger partial charge in [-0.2, -0.15) is 0 Å². The number of ether oxygens (including phenoxy) is 2. The number of hydrogen-bond acceptors (Lipinski definition) is 3. The van der Waals surface area contributed by atoms with Crippen LogP contribution in [0.2, 0.25) is 0 Å². The smallest absolute Gasteiger partial charge is 0.167 e. The first-order chi connectivity index (χ1) is 9.61. The van der Waals surface area contributed by atoms with Crippen molar-refractivity contribution < 1.29 is 13.9 Å². The highest BCUT2D eigenvalue weighted by molar-refractivity contribution is 5.41. The number of rotatable bonds is 5. The van der Waals surface area contributed by atoms with Gasteiger partial charge in [0.1, 0.15) is 5.75 Å². The molecule has 0 unspecified atom stereocenters. The van der Waals surface area contributed by atoms with Gasteiger partial charge in [-0.3, -0.25) is 0 Å². The molecule has 106 valence electrons. The number of nitrogens with two attached hydrogens (primary N) is 1. The Morgan fingerprint density at radius 1 is 1.20 bits per heavy atom. The molecule has 0 saturated heterocycles. The normalized spacial score (nSPS) is 12.2. The van der Waals surface area contributed by atoms with E-state index in [1.807, 2.05) is 18.2 Å². The average Bonchev–Trinajstić information content (AvgIpc) is 2.41. The van der Waals surface area contributed by atoms with E-state index >= 15 is 0 Å². The van der Waals surface area contributed by atoms with Gasteiger partial charge in [0.15, 0.2) is 11.6 Å². The molecule has 0 saturated carbocycles. The van der Waals surface area contributed by atoms with Crippen LogP contribution in [0.25, 0.3) is 0 Å². The lowest BCUT2D eigenvalue weighted by Crippen LogP contribution is -2.07. The molecule has 0 amide bonds. The summed E-state index contributed by atoms with van der Waals surface area (Å²) in [4.78, 5) is 0. The Morgan fingerprint density at radius 3 is 2.65 bits per heavy atom. The van der Waals surface area contributed by atoms with Crippen molar-refractivity contribution in [3.63, 3.8) is 0 Å². The molecular formula is C16H18FNO2. The van der Waals surface area contributed by atoms with E-state index in [0.717, 1.165) is 5.56 Å². The van der Waals surface area contributed by atoms with Gasteiger partial charge >= 0.3 is 0 Å². The molecule has 4 heteroatoms. The Kier molecular flexibility index (Phi) is 4.71. The molecule has 2 rings (SSSR count). The molecule has 3 nitrogen and oxygen atoms in total. The lowest BCUT2D eigenvalue weighted by atomic mass is 10.1. The lowest BCUT2D eigenvalue weighted by molar-refractivity contribution is 0.184. The fraction of sp³-hybridized carbons (Fsp3) is 0.250. The van der Waals surface area contributed by atoms with Crippen molar-refractivity contribution in [3.05, 3.63) is 59.4 Å². The highest BCUT2D eigenvalue weighted by Crippen LogP contribution is 2.31. The topological polar surface area (TPSA) is 44.5 Å². The van der Waals surface area contributed by atoms with Crippen molar-refractivity contribution in [3.8, 4) is 11.5 Å². The summed E-state index contributed by atoms with van der Waals surface area (Å²) in [6, 6.07) is 11.8. The van der Waals surface area contributed by atoms with Crippen LogP contribution in [0, 0.1) is 5.82 Å². The molecule has 20 heavy (non-hydrogen) atoms. The predicted octanol–water partition coefficient (Wildman–Crippen LogP) is 3.78. The van der Waals surface area contributed by atoms with Crippen LogP contribution in [0.1, 0.15) is 24.1 Å². The van der Waals surface area contributed by atoms with E-state index in [0.29, 0.717) is 17.9 Å². The minimum atomic E-state index is -0.419. The van der Waals surface area contributed by atoms with Crippen molar-refractivity contribution in [2.75, 3.05) is 7.11 Å². The predicted molar refractivity (Wildman–Crippen MR) is 76.2 cm³/mol. The molecule has 0 aliphatic rings. The molecule has 0 aliphatic heterocycles. The van der Waals surface area contributed by atoms with E-state index < -0.39 is 5.82 Å². The highest BCUT2D eigenvalue weighted by Gasteiger charge is 2.14. The minimum Gasteiger partial charge on any atom is -0.454 e. The van der Waals surface area contributed by atoms with Gasteiger partial charge in [0, 0.05) is 18.7 Å². The van der Waals surface area contributed by atoms with Gasteiger partial charge in [-0.05, 0) is 30.7 Å². The Morgan fingerprint density at radius 2 is 1.95 bits per heavy atom. The third kappa shape index (κ3) is 3.35. The van der Waals surface area contributed by atoms with Crippen molar-refractivity contribution in [2.24, 2.45) is 5.73 Å². The van der Waals surface area contributed by atoms with Gasteiger partial charge in [-0.1, -0.05) is 24.3 Å². The fourth-order valence-corrected chi connectivity index (χ4v) is 1.98. The summed E-state index contributed by atoms with van der Waals surface area (Å²) in [5, 5.41) is 0. The zero-order valence-corrected chi connectivity index (χ0v) is 11.6. The minimum absolute atomic E-state index is 0.178. The zero-order valence-electron chi connectivity index (χ0n) is 11.6. The third-order valence-electron chi connectivity index (χ3n) is 2.92. The summed E-state index contributed by atoms with van der Waals surface area (Å²) < 4.78 is 24.7. The van der Waals surface area contributed by atoms with Crippen LogP contribution in [0.3, 0.4) is 0 Å². The summed E-state index contributed by atoms with van der Waals surface area (Å²) in [6.45, 7) is 2.28. The zero-order chi connectivity index (χ0) is 14.5. The molecule has 2 N–H and O–H groups in total. The molecule has 0 bridgehead atoms. The first kappa shape index (κ1) is 14.5. The fourth-order valence-electron chi connectivity index (χ4n) is 1.98. The third-order valence-corrected chi connectivity index (χ3v) is 2.92. The van der Waals surface area contributed by atoms with E-state index in [2.05, 4.69) is 0 Å². The number of halogens is 1. The number of methoxy groups -OCH3 is 1. The Labute approximate surface area is 118 Å². The first-order valence-corrected chi connectivity index (χ1v) is 6.41. The summed E-state index contributed by atoms with van der Waals surface area (Å²) >= 11 is 0. The van der Waals surface area contributed by atoms with Crippen LogP contribution in [-0.4, -0.2) is 7.11 Å². The Bertz CT molecular complexity index is 584. The van der Waals surface area contributed by atoms with Gasteiger partial charge in [0.25, 0.3) is 0 Å². The standard InChI is InChI=1S/C16H18FNO2/c1-11(18)14-7-4-8-15(17)16(14)20-13-6-3-5-12(9-13)10-19-2/h3-9,11H,10,18H2,1-2H3/t11-/m0/s1. The van der Waals surface area contributed by atoms with E-state index in [9.17, 15) is 4.39 Å². The van der Waals surface area contributed by atoms with Gasteiger partial charge in [-0.15, -0.1) is 0 Å². The Hall–Kier alpha value is -1.91. The summed E-state index contributed by atoms with van der Waals surface area (Å²) in [6.07, 6.45) is 0. The molecule has 0 fully saturated rings. The van der Waals surface area contributed by atoms with Crippen molar-refractivity contribution in [1.29, 1.82) is 0 Å². The quantitative estimate of drug-likeness (QED) is 0.903. The lowest BCUT2D eigenvalue weighted by Gasteiger charge is -2.15. The molecule has 0 spiro atoms. The van der Waals surface area contributed by atoms with Gasteiger partial charge in [-0.25, -0.2) is 4.39 Å². The van der Waals surface area contributed by atoms with Crippen LogP contribution >= 0.6 is 0 Å². The molecule has 2 aromatic rings. The molecule has 0 aliphatic carbocycles. The maximum atomic E-state index is 13.9. The molecule has 1 atom stereocenters. The summed E-state index contributed by atoms with van der Waals surface area (Å²) in [7, 11) is 1.62. The second-order valence-electron chi connectivity index (χ2n) is 4.63. The van der Waals surface area contributed by atoms with Crippen molar-refractivity contribution in [1.82, 2.24) is 0 Å². The number of benzene rings is 2. The summed E-state index contributed by atoms with van der Waals surface area (Å²) in [5.41, 5.74) is 7.45. The molecule has 0 heterocycles. The van der Waals surface area contributed by atoms with Gasteiger partial charge in [0.2, 0.25) is 0 Å². The van der Waals surface area contributed by atoms with Crippen LogP contribution in [0.5, 0.6) is 11.5 Å². The monoisotopic (exact) mass is 275 g/mol. The van der Waals surface area contributed by atoms with E-state index in [-0.39, 0.29) is 11.8 Å². The maximum absolute atomic E-state index is 13.9. The molecule has 0 radical (unpaired) electrons. The van der Waals surface area contributed by atoms with Crippen LogP contribution in [-0.2, 0) is 11.3 Å². The highest BCUT2D eigenvalue weighted by atomic mass is 19.1. The van der Waals surface area contributed by atoms with Crippen molar-refractivity contribution >= 4 is 0 Å². The van der Waals surface area contributed by atoms with Gasteiger partial charge < -0.3 is 15.2 Å². The molecule has 0 aromatic heterocycles. The van der Waals surface area contributed by atoms with Crippen LogP contribution in [0.4, 0.5) is 4.39 Å². The first-order valence-electron chi connectivity index (χ1n) is 6.41. The number of para-hydroxylation sites is 1. The van der Waals surface area contributed by atoms with Crippen LogP contribution < -0.4 is 10.5 Å². The molecule has 2 aromatic carbocycles. The summed E-state index contributed by atoms with van der Waals surface area (Å²) in [5.74, 6) is 0.320. The second kappa shape index (κ2) is 6.50. The molecular weight excluding hydrogens is 257 g/mol. The maximum Gasteiger partial charge on any atom is 0.167 e. The van der Waals surface area contributed by atoms with E-state index in [1.54, 1.807) is 32.2 Å². The van der Waals surface area contributed by atoms with Gasteiger partial charge in [0.05, 0.1) is 6.61 Å². The van der Waals surface area contributed by atoms with Crippen LogP contribution in [0.15, 0.2) is 42.5 Å². The average molecular weight is 275 g/mol. The largest absolute Gasteiger partial charge is 0.454 e.